The summed E-state index contributed by atoms with van der Waals surface area (Å²) in [6, 6.07) is 8.94. The van der Waals surface area contributed by atoms with Gasteiger partial charge in [-0.2, -0.15) is 0 Å². The van der Waals surface area contributed by atoms with Crippen molar-refractivity contribution in [2.24, 2.45) is 0 Å². The van der Waals surface area contributed by atoms with Crippen LogP contribution >= 0.6 is 0 Å². The average Bonchev–Trinajstić information content (AvgIpc) is 2.49. The standard InChI is InChI=1S/C17H22O3/c1-2-13-17(19,14-9-5-3-6-10-14)16(18)20-15-11-7-4-8-12-15/h2-3,5-6,9-10,15,19H,1,4,7-8,11-13H2. The summed E-state index contributed by atoms with van der Waals surface area (Å²) in [6.45, 7) is 3.63. The second-order valence-electron chi connectivity index (χ2n) is 5.38. The molecule has 1 saturated carbocycles. The number of rotatable bonds is 5. The highest BCUT2D eigenvalue weighted by Gasteiger charge is 2.39. The monoisotopic (exact) mass is 274 g/mol. The van der Waals surface area contributed by atoms with Gasteiger partial charge in [0.1, 0.15) is 6.10 Å². The predicted molar refractivity (Wildman–Crippen MR) is 78.1 cm³/mol. The summed E-state index contributed by atoms with van der Waals surface area (Å²) in [5.41, 5.74) is -1.07. The molecule has 3 heteroatoms. The molecule has 20 heavy (non-hydrogen) atoms. The Balaban J connectivity index is 2.14. The van der Waals surface area contributed by atoms with E-state index in [2.05, 4.69) is 6.58 Å². The number of carbonyl (C=O) groups is 1. The van der Waals surface area contributed by atoms with Crippen molar-refractivity contribution < 1.29 is 14.6 Å². The lowest BCUT2D eigenvalue weighted by Gasteiger charge is -2.29. The Kier molecular flexibility index (Phi) is 4.96. The fraction of sp³-hybridized carbons (Fsp3) is 0.471. The Hall–Kier alpha value is -1.61. The average molecular weight is 274 g/mol. The Bertz CT molecular complexity index is 449. The van der Waals surface area contributed by atoms with Crippen molar-refractivity contribution >= 4 is 5.97 Å². The summed E-state index contributed by atoms with van der Waals surface area (Å²) < 4.78 is 5.53. The fourth-order valence-electron chi connectivity index (χ4n) is 2.67. The van der Waals surface area contributed by atoms with Crippen LogP contribution in [0.15, 0.2) is 43.0 Å². The van der Waals surface area contributed by atoms with Gasteiger partial charge in [0, 0.05) is 6.42 Å². The molecule has 0 amide bonds. The third kappa shape index (κ3) is 3.28. The number of hydrogen-bond acceptors (Lipinski definition) is 3. The highest BCUT2D eigenvalue weighted by Crippen LogP contribution is 2.29. The molecular weight excluding hydrogens is 252 g/mol. The van der Waals surface area contributed by atoms with Crippen LogP contribution in [0.1, 0.15) is 44.1 Å². The SMILES string of the molecule is C=CCC(O)(C(=O)OC1CCCCC1)c1ccccc1. The number of carbonyl (C=O) groups excluding carboxylic acids is 1. The molecule has 0 saturated heterocycles. The maximum absolute atomic E-state index is 12.4. The van der Waals surface area contributed by atoms with Gasteiger partial charge in [-0.15, -0.1) is 6.58 Å². The van der Waals surface area contributed by atoms with Crippen molar-refractivity contribution in [1.82, 2.24) is 0 Å². The van der Waals surface area contributed by atoms with Gasteiger partial charge in [-0.1, -0.05) is 42.8 Å². The first-order valence-electron chi connectivity index (χ1n) is 7.26. The third-order valence-corrected chi connectivity index (χ3v) is 3.85. The van der Waals surface area contributed by atoms with E-state index in [0.29, 0.717) is 5.56 Å². The van der Waals surface area contributed by atoms with Crippen molar-refractivity contribution in [3.05, 3.63) is 48.6 Å². The second kappa shape index (κ2) is 6.71. The van der Waals surface area contributed by atoms with Crippen LogP contribution < -0.4 is 0 Å². The van der Waals surface area contributed by atoms with Gasteiger partial charge in [0.15, 0.2) is 5.60 Å². The Labute approximate surface area is 120 Å². The van der Waals surface area contributed by atoms with E-state index in [9.17, 15) is 9.90 Å². The van der Waals surface area contributed by atoms with Gasteiger partial charge in [-0.3, -0.25) is 0 Å². The van der Waals surface area contributed by atoms with Crippen molar-refractivity contribution in [1.29, 1.82) is 0 Å². The minimum Gasteiger partial charge on any atom is -0.460 e. The van der Waals surface area contributed by atoms with E-state index in [1.54, 1.807) is 30.3 Å². The second-order valence-corrected chi connectivity index (χ2v) is 5.38. The zero-order valence-corrected chi connectivity index (χ0v) is 11.8. The van der Waals surface area contributed by atoms with Crippen LogP contribution in [0, 0.1) is 0 Å². The van der Waals surface area contributed by atoms with Gasteiger partial charge in [-0.25, -0.2) is 4.79 Å². The number of aliphatic hydroxyl groups is 1. The van der Waals surface area contributed by atoms with E-state index in [1.807, 2.05) is 6.07 Å². The molecule has 0 radical (unpaired) electrons. The van der Waals surface area contributed by atoms with Gasteiger partial charge in [-0.05, 0) is 31.2 Å². The van der Waals surface area contributed by atoms with E-state index in [-0.39, 0.29) is 12.5 Å². The zero-order chi connectivity index (χ0) is 14.4. The van der Waals surface area contributed by atoms with Gasteiger partial charge < -0.3 is 9.84 Å². The van der Waals surface area contributed by atoms with Crippen molar-refractivity contribution in [2.45, 2.75) is 50.2 Å². The molecule has 0 spiro atoms. The van der Waals surface area contributed by atoms with E-state index < -0.39 is 11.6 Å². The molecule has 0 aromatic heterocycles. The van der Waals surface area contributed by atoms with Crippen LogP contribution in [0.25, 0.3) is 0 Å². The largest absolute Gasteiger partial charge is 0.460 e. The summed E-state index contributed by atoms with van der Waals surface area (Å²) in [7, 11) is 0. The molecule has 2 rings (SSSR count). The van der Waals surface area contributed by atoms with Crippen LogP contribution in [-0.2, 0) is 15.1 Å². The first kappa shape index (κ1) is 14.8. The topological polar surface area (TPSA) is 46.5 Å². The van der Waals surface area contributed by atoms with Crippen molar-refractivity contribution in [3.8, 4) is 0 Å². The number of benzene rings is 1. The summed E-state index contributed by atoms with van der Waals surface area (Å²) >= 11 is 0. The molecule has 1 aromatic rings. The lowest BCUT2D eigenvalue weighted by atomic mass is 9.90. The number of esters is 1. The minimum atomic E-state index is -1.62. The Morgan fingerprint density at radius 3 is 2.55 bits per heavy atom. The maximum atomic E-state index is 12.4. The molecule has 1 aliphatic carbocycles. The molecule has 1 unspecified atom stereocenters. The third-order valence-electron chi connectivity index (χ3n) is 3.85. The minimum absolute atomic E-state index is 0.0590. The molecular formula is C17H22O3. The molecule has 1 N–H and O–H groups in total. The number of hydrogen-bond donors (Lipinski definition) is 1. The van der Waals surface area contributed by atoms with E-state index >= 15 is 0 Å². The normalized spacial score (nSPS) is 19.1. The molecule has 0 heterocycles. The van der Waals surface area contributed by atoms with Crippen LogP contribution in [0.3, 0.4) is 0 Å². The molecule has 0 aliphatic heterocycles. The fourth-order valence-corrected chi connectivity index (χ4v) is 2.67. The summed E-state index contributed by atoms with van der Waals surface area (Å²) in [5.74, 6) is -0.560. The van der Waals surface area contributed by atoms with Crippen LogP contribution in [0.4, 0.5) is 0 Å². The Morgan fingerprint density at radius 2 is 1.95 bits per heavy atom. The van der Waals surface area contributed by atoms with Crippen molar-refractivity contribution in [2.75, 3.05) is 0 Å². The van der Waals surface area contributed by atoms with Gasteiger partial charge in [0.2, 0.25) is 0 Å². The van der Waals surface area contributed by atoms with Crippen LogP contribution in [-0.4, -0.2) is 17.2 Å². The van der Waals surface area contributed by atoms with Crippen molar-refractivity contribution in [3.63, 3.8) is 0 Å². The predicted octanol–water partition coefficient (Wildman–Crippen LogP) is 3.33. The highest BCUT2D eigenvalue weighted by molar-refractivity contribution is 5.81. The molecule has 1 aliphatic rings. The molecule has 3 nitrogen and oxygen atoms in total. The summed E-state index contributed by atoms with van der Waals surface area (Å²) in [5, 5.41) is 10.7. The molecule has 1 atom stereocenters. The smallest absolute Gasteiger partial charge is 0.343 e. The van der Waals surface area contributed by atoms with E-state index in [4.69, 9.17) is 4.74 Å². The van der Waals surface area contributed by atoms with E-state index in [0.717, 1.165) is 25.7 Å². The molecule has 1 fully saturated rings. The quantitative estimate of drug-likeness (QED) is 0.662. The molecule has 1 aromatic carbocycles. The van der Waals surface area contributed by atoms with E-state index in [1.165, 1.54) is 6.42 Å². The summed E-state index contributed by atoms with van der Waals surface area (Å²) in [6.07, 6.45) is 6.81. The van der Waals surface area contributed by atoms with Gasteiger partial charge >= 0.3 is 5.97 Å². The van der Waals surface area contributed by atoms with Gasteiger partial charge in [0.05, 0.1) is 0 Å². The maximum Gasteiger partial charge on any atom is 0.343 e. The Morgan fingerprint density at radius 1 is 1.30 bits per heavy atom. The van der Waals surface area contributed by atoms with Gasteiger partial charge in [0.25, 0.3) is 0 Å². The molecule has 0 bridgehead atoms. The lowest BCUT2D eigenvalue weighted by molar-refractivity contribution is -0.173. The molecule has 108 valence electrons. The number of ether oxygens (including phenoxy) is 1. The zero-order valence-electron chi connectivity index (χ0n) is 11.8. The highest BCUT2D eigenvalue weighted by atomic mass is 16.6. The van der Waals surface area contributed by atoms with Crippen LogP contribution in [0.5, 0.6) is 0 Å². The summed E-state index contributed by atoms with van der Waals surface area (Å²) in [4.78, 5) is 12.4. The first-order chi connectivity index (χ1) is 9.66. The van der Waals surface area contributed by atoms with Crippen LogP contribution in [0.2, 0.25) is 0 Å². The first-order valence-corrected chi connectivity index (χ1v) is 7.26. The lowest BCUT2D eigenvalue weighted by Crippen LogP contribution is -2.39.